The van der Waals surface area contributed by atoms with Gasteiger partial charge in [0.05, 0.1) is 6.61 Å². The van der Waals surface area contributed by atoms with Crippen molar-refractivity contribution in [1.82, 2.24) is 0 Å². The Balaban J connectivity index is 1.82. The zero-order chi connectivity index (χ0) is 21.7. The summed E-state index contributed by atoms with van der Waals surface area (Å²) in [6.07, 6.45) is 0.520. The van der Waals surface area contributed by atoms with Gasteiger partial charge in [0.2, 0.25) is 0 Å². The van der Waals surface area contributed by atoms with Crippen LogP contribution in [0, 0.1) is 19.7 Å². The number of carbonyl (C=O) groups excluding carboxylic acids is 1. The number of carbonyl (C=O) groups is 1. The van der Waals surface area contributed by atoms with Gasteiger partial charge in [-0.15, -0.1) is 0 Å². The molecule has 156 valence electrons. The predicted molar refractivity (Wildman–Crippen MR) is 117 cm³/mol. The van der Waals surface area contributed by atoms with Crippen LogP contribution in [0.2, 0.25) is 0 Å². The van der Waals surface area contributed by atoms with Crippen LogP contribution in [-0.2, 0) is 0 Å². The first-order valence-corrected chi connectivity index (χ1v) is 9.70. The smallest absolute Gasteiger partial charge is 0.195 e. The number of aryl methyl sites for hydroxylation is 2. The normalized spacial score (nSPS) is 10.7. The lowest BCUT2D eigenvalue weighted by Gasteiger charge is -2.13. The Morgan fingerprint density at radius 3 is 2.53 bits per heavy atom. The molecule has 0 heterocycles. The van der Waals surface area contributed by atoms with Gasteiger partial charge in [0.25, 0.3) is 0 Å². The fraction of sp³-hybridized carbons (Fsp3) is 0.208. The number of aliphatic hydroxyl groups is 1. The zero-order valence-electron chi connectivity index (χ0n) is 17.0. The number of ketones is 1. The van der Waals surface area contributed by atoms with Crippen molar-refractivity contribution in [2.45, 2.75) is 20.3 Å². The quantitative estimate of drug-likeness (QED) is 0.284. The van der Waals surface area contributed by atoms with Gasteiger partial charge in [0, 0.05) is 41.2 Å². The molecule has 6 heteroatoms. The standard InChI is InChI=1S/C24H25FN2O3/c1-15-4-7-19(30-11-3-10-28)14-21(15)24(29)20-8-6-18(13-22(20)26)27-23-9-5-17(25)12-16(23)2/h4-9,12-14,27-28H,3,10-11,26H2,1-2H3. The Kier molecular flexibility index (Phi) is 6.69. The molecule has 30 heavy (non-hydrogen) atoms. The van der Waals surface area contributed by atoms with Crippen LogP contribution >= 0.6 is 0 Å². The number of ether oxygens (including phenoxy) is 1. The van der Waals surface area contributed by atoms with Crippen molar-refractivity contribution in [3.05, 3.63) is 82.7 Å². The summed E-state index contributed by atoms with van der Waals surface area (Å²) in [6, 6.07) is 14.9. The molecule has 0 aromatic heterocycles. The van der Waals surface area contributed by atoms with Crippen molar-refractivity contribution < 1.29 is 19.0 Å². The Morgan fingerprint density at radius 1 is 1.03 bits per heavy atom. The third-order valence-corrected chi connectivity index (χ3v) is 4.79. The maximum atomic E-state index is 13.3. The number of rotatable bonds is 8. The van der Waals surface area contributed by atoms with Gasteiger partial charge in [-0.3, -0.25) is 4.79 Å². The van der Waals surface area contributed by atoms with Gasteiger partial charge in [0.1, 0.15) is 11.6 Å². The highest BCUT2D eigenvalue weighted by atomic mass is 19.1. The molecule has 3 rings (SSSR count). The summed E-state index contributed by atoms with van der Waals surface area (Å²) in [5.74, 6) is 0.0830. The first-order valence-electron chi connectivity index (χ1n) is 9.70. The Bertz CT molecular complexity index is 1070. The molecule has 0 aliphatic rings. The first-order chi connectivity index (χ1) is 14.4. The lowest BCUT2D eigenvalue weighted by Crippen LogP contribution is -2.08. The molecule has 0 unspecified atom stereocenters. The van der Waals surface area contributed by atoms with Crippen molar-refractivity contribution in [2.24, 2.45) is 0 Å². The minimum Gasteiger partial charge on any atom is -0.493 e. The summed E-state index contributed by atoms with van der Waals surface area (Å²) < 4.78 is 18.9. The van der Waals surface area contributed by atoms with E-state index in [1.54, 1.807) is 36.4 Å². The third-order valence-electron chi connectivity index (χ3n) is 4.79. The van der Waals surface area contributed by atoms with Crippen LogP contribution in [0.15, 0.2) is 54.6 Å². The highest BCUT2D eigenvalue weighted by molar-refractivity contribution is 6.13. The van der Waals surface area contributed by atoms with E-state index in [-0.39, 0.29) is 18.2 Å². The topological polar surface area (TPSA) is 84.6 Å². The number of hydrogen-bond acceptors (Lipinski definition) is 5. The molecule has 4 N–H and O–H groups in total. The van der Waals surface area contributed by atoms with Crippen molar-refractivity contribution in [3.8, 4) is 5.75 Å². The minimum absolute atomic E-state index is 0.0476. The van der Waals surface area contributed by atoms with E-state index >= 15 is 0 Å². The molecule has 0 saturated carbocycles. The molecule has 5 nitrogen and oxygen atoms in total. The largest absolute Gasteiger partial charge is 0.493 e. The second-order valence-electron chi connectivity index (χ2n) is 7.12. The lowest BCUT2D eigenvalue weighted by molar-refractivity contribution is 0.103. The molecule has 0 bridgehead atoms. The van der Waals surface area contributed by atoms with E-state index in [0.717, 1.165) is 16.8 Å². The van der Waals surface area contributed by atoms with Crippen molar-refractivity contribution in [1.29, 1.82) is 0 Å². The van der Waals surface area contributed by atoms with Gasteiger partial charge in [-0.25, -0.2) is 4.39 Å². The molecule has 0 aliphatic heterocycles. The summed E-state index contributed by atoms with van der Waals surface area (Å²) in [4.78, 5) is 13.1. The van der Waals surface area contributed by atoms with E-state index in [1.807, 2.05) is 19.9 Å². The van der Waals surface area contributed by atoms with Crippen LogP contribution in [0.5, 0.6) is 5.75 Å². The van der Waals surface area contributed by atoms with E-state index in [2.05, 4.69) is 5.32 Å². The molecule has 3 aromatic rings. The second kappa shape index (κ2) is 9.41. The van der Waals surface area contributed by atoms with Crippen LogP contribution in [0.1, 0.15) is 33.5 Å². The van der Waals surface area contributed by atoms with Crippen molar-refractivity contribution in [2.75, 3.05) is 24.3 Å². The first kappa shape index (κ1) is 21.3. The van der Waals surface area contributed by atoms with E-state index in [1.165, 1.54) is 12.1 Å². The van der Waals surface area contributed by atoms with E-state index in [4.69, 9.17) is 15.6 Å². The number of benzene rings is 3. The number of halogens is 1. The number of nitrogens with one attached hydrogen (secondary N) is 1. The van der Waals surface area contributed by atoms with E-state index < -0.39 is 0 Å². The van der Waals surface area contributed by atoms with Crippen LogP contribution in [0.4, 0.5) is 21.5 Å². The van der Waals surface area contributed by atoms with Gasteiger partial charge < -0.3 is 20.9 Å². The summed E-state index contributed by atoms with van der Waals surface area (Å²) >= 11 is 0. The molecule has 0 aliphatic carbocycles. The van der Waals surface area contributed by atoms with Crippen LogP contribution in [0.3, 0.4) is 0 Å². The lowest BCUT2D eigenvalue weighted by atomic mass is 9.97. The second-order valence-corrected chi connectivity index (χ2v) is 7.12. The average Bonchev–Trinajstić information content (AvgIpc) is 2.71. The molecular weight excluding hydrogens is 383 g/mol. The summed E-state index contributed by atoms with van der Waals surface area (Å²) in [6.45, 7) is 4.09. The average molecular weight is 408 g/mol. The fourth-order valence-corrected chi connectivity index (χ4v) is 3.11. The monoisotopic (exact) mass is 408 g/mol. The van der Waals surface area contributed by atoms with Crippen molar-refractivity contribution in [3.63, 3.8) is 0 Å². The maximum Gasteiger partial charge on any atom is 0.195 e. The van der Waals surface area contributed by atoms with Crippen LogP contribution < -0.4 is 15.8 Å². The number of hydrogen-bond donors (Lipinski definition) is 3. The van der Waals surface area contributed by atoms with Gasteiger partial charge >= 0.3 is 0 Å². The Labute approximate surface area is 175 Å². The highest BCUT2D eigenvalue weighted by Gasteiger charge is 2.16. The van der Waals surface area contributed by atoms with Crippen LogP contribution in [-0.4, -0.2) is 24.1 Å². The molecule has 0 saturated heterocycles. The number of anilines is 3. The Morgan fingerprint density at radius 2 is 1.83 bits per heavy atom. The predicted octanol–water partition coefficient (Wildman–Crippen LogP) is 4.76. The summed E-state index contributed by atoms with van der Waals surface area (Å²) in [5.41, 5.74) is 10.5. The Hall–Kier alpha value is -3.38. The van der Waals surface area contributed by atoms with Crippen molar-refractivity contribution >= 4 is 22.8 Å². The molecular formula is C24H25FN2O3. The van der Waals surface area contributed by atoms with Gasteiger partial charge in [0.15, 0.2) is 5.78 Å². The molecule has 0 spiro atoms. The number of nitrogens with two attached hydrogens (primary N) is 1. The summed E-state index contributed by atoms with van der Waals surface area (Å²) in [7, 11) is 0. The van der Waals surface area contributed by atoms with E-state index in [0.29, 0.717) is 41.3 Å². The minimum atomic E-state index is -0.295. The van der Waals surface area contributed by atoms with Gasteiger partial charge in [-0.05, 0) is 73.5 Å². The van der Waals surface area contributed by atoms with E-state index in [9.17, 15) is 9.18 Å². The zero-order valence-corrected chi connectivity index (χ0v) is 17.0. The maximum absolute atomic E-state index is 13.3. The molecule has 0 atom stereocenters. The summed E-state index contributed by atoms with van der Waals surface area (Å²) in [5, 5.41) is 12.1. The molecule has 0 fully saturated rings. The highest BCUT2D eigenvalue weighted by Crippen LogP contribution is 2.27. The number of nitrogen functional groups attached to an aromatic ring is 1. The van der Waals surface area contributed by atoms with Gasteiger partial charge in [-0.1, -0.05) is 6.07 Å². The molecule has 0 radical (unpaired) electrons. The SMILES string of the molecule is Cc1cc(F)ccc1Nc1ccc(C(=O)c2cc(OCCCO)ccc2C)c(N)c1. The fourth-order valence-electron chi connectivity index (χ4n) is 3.11. The van der Waals surface area contributed by atoms with Gasteiger partial charge in [-0.2, -0.15) is 0 Å². The van der Waals surface area contributed by atoms with Crippen LogP contribution in [0.25, 0.3) is 0 Å². The third kappa shape index (κ3) is 4.96. The molecule has 0 amide bonds. The molecule has 3 aromatic carbocycles. The number of aliphatic hydroxyl groups excluding tert-OH is 1.